The van der Waals surface area contributed by atoms with Gasteiger partial charge in [-0.15, -0.1) is 0 Å². The molecule has 0 bridgehead atoms. The highest BCUT2D eigenvalue weighted by Crippen LogP contribution is 2.55. The molecule has 8 atom stereocenters. The number of nitrogens with one attached hydrogen (secondary N) is 1. The van der Waals surface area contributed by atoms with Crippen LogP contribution in [0.4, 0.5) is 0 Å². The minimum atomic E-state index is -1.52. The zero-order valence-electron chi connectivity index (χ0n) is 28.0. The van der Waals surface area contributed by atoms with Crippen molar-refractivity contribution in [2.45, 2.75) is 68.5 Å². The number of unbranched alkanes of at least 4 members (excludes halogenated alkanes) is 1. The van der Waals surface area contributed by atoms with Gasteiger partial charge in [0.1, 0.15) is 23.7 Å². The first kappa shape index (κ1) is 34.5. The average molecular weight is 672 g/mol. The van der Waals surface area contributed by atoms with E-state index in [-0.39, 0.29) is 24.8 Å². The Morgan fingerprint density at radius 1 is 1.02 bits per heavy atom. The number of ether oxygens (including phenoxy) is 3. The van der Waals surface area contributed by atoms with Gasteiger partial charge in [0.15, 0.2) is 0 Å². The molecule has 2 N–H and O–H groups in total. The fraction of sp³-hybridized carbons (Fsp3) is 0.474. The lowest BCUT2D eigenvalue weighted by atomic mass is 9.77. The highest BCUT2D eigenvalue weighted by Gasteiger charge is 2.72. The Balaban J connectivity index is 1.48. The molecule has 49 heavy (non-hydrogen) atoms. The van der Waals surface area contributed by atoms with Crippen molar-refractivity contribution in [1.82, 2.24) is 15.1 Å². The van der Waals surface area contributed by atoms with E-state index in [0.29, 0.717) is 30.6 Å². The largest absolute Gasteiger partial charge is 0.455 e. The molecule has 4 aliphatic rings. The molecule has 0 unspecified atom stereocenters. The number of likely N-dealkylation sites (tertiary alicyclic amines) is 1. The molecule has 0 aromatic heterocycles. The number of allylic oxidation sites excluding steroid dienone is 1. The molecular formula is C38H45N3O8. The van der Waals surface area contributed by atoms with E-state index in [2.05, 4.69) is 5.32 Å². The number of esters is 1. The highest BCUT2D eigenvalue weighted by atomic mass is 16.6. The van der Waals surface area contributed by atoms with E-state index in [9.17, 15) is 24.3 Å². The van der Waals surface area contributed by atoms with Crippen LogP contribution in [0.15, 0.2) is 85.0 Å². The molecule has 1 spiro atoms. The van der Waals surface area contributed by atoms with E-state index >= 15 is 0 Å². The maximum Gasteiger partial charge on any atom is 0.313 e. The Morgan fingerprint density at radius 3 is 2.45 bits per heavy atom. The Morgan fingerprint density at radius 2 is 1.76 bits per heavy atom. The normalized spacial score (nSPS) is 31.4. The lowest BCUT2D eigenvalue weighted by molar-refractivity contribution is -0.163. The summed E-state index contributed by atoms with van der Waals surface area (Å²) < 4.78 is 18.6. The predicted octanol–water partition coefficient (Wildman–Crippen LogP) is 3.27. The number of aliphatic hydroxyl groups is 1. The molecule has 0 saturated carbocycles. The van der Waals surface area contributed by atoms with E-state index in [0.717, 1.165) is 12.8 Å². The van der Waals surface area contributed by atoms with Crippen molar-refractivity contribution >= 4 is 23.7 Å². The molecule has 2 aromatic rings. The van der Waals surface area contributed by atoms with Gasteiger partial charge in [-0.3, -0.25) is 19.2 Å². The van der Waals surface area contributed by atoms with Crippen LogP contribution in [0.1, 0.15) is 55.9 Å². The number of nitrogens with zero attached hydrogens (tertiary/aromatic N) is 2. The summed E-state index contributed by atoms with van der Waals surface area (Å²) in [7, 11) is 1.51. The van der Waals surface area contributed by atoms with Gasteiger partial charge >= 0.3 is 5.97 Å². The first-order chi connectivity index (χ1) is 23.8. The molecule has 4 aliphatic heterocycles. The van der Waals surface area contributed by atoms with Gasteiger partial charge in [0.2, 0.25) is 17.7 Å². The molecule has 2 saturated heterocycles. The standard InChI is InChI=1S/C38H45N3O8/c1-3-4-21-40-22-13-20-38-32(35(44)41(34(38)36(40)45)28(23-42)25-14-7-5-8-15-25)31-29(49-38)18-11-12-19-30(43)39-27(24-47-2)33(48-37(31)46)26-16-9-6-10-17-26/h5-11,13-18,20,27-29,31-34,42H,3-4,12,19,21-24H2,1-2H3,(H,39,43)/b18-11-/t27-,28+,29-,31+,32+,33-,34-,38+/m0/s1. The SMILES string of the molecule is CCCCN1CC=C[C@@]23O[C@H]4/C=C\CCC(=O)N[C@@H](COC)[C@H](c5ccccc5)OC(=O)[C@H]4[C@@H]2C(=O)N([C@H](CO)c2ccccc2)[C@H]3C1=O. The quantitative estimate of drug-likeness (QED) is 0.307. The van der Waals surface area contributed by atoms with Gasteiger partial charge in [-0.25, -0.2) is 0 Å². The minimum absolute atomic E-state index is 0.0707. The van der Waals surface area contributed by atoms with Crippen LogP contribution in [0.3, 0.4) is 0 Å². The minimum Gasteiger partial charge on any atom is -0.455 e. The summed E-state index contributed by atoms with van der Waals surface area (Å²) >= 11 is 0. The number of hydrogen-bond acceptors (Lipinski definition) is 8. The number of carbonyl (C=O) groups excluding carboxylic acids is 4. The van der Waals surface area contributed by atoms with Crippen molar-refractivity contribution in [2.24, 2.45) is 11.8 Å². The predicted molar refractivity (Wildman–Crippen MR) is 180 cm³/mol. The van der Waals surface area contributed by atoms with E-state index in [4.69, 9.17) is 14.2 Å². The summed E-state index contributed by atoms with van der Waals surface area (Å²) in [5.41, 5.74) is -0.207. The smallest absolute Gasteiger partial charge is 0.313 e. The van der Waals surface area contributed by atoms with Gasteiger partial charge in [-0.2, -0.15) is 0 Å². The third-order valence-electron chi connectivity index (χ3n) is 10.1. The van der Waals surface area contributed by atoms with Crippen LogP contribution in [0, 0.1) is 11.8 Å². The van der Waals surface area contributed by atoms with E-state index in [1.807, 2.05) is 73.7 Å². The van der Waals surface area contributed by atoms with Crippen molar-refractivity contribution < 1.29 is 38.5 Å². The lowest BCUT2D eigenvalue weighted by Crippen LogP contribution is -2.56. The fourth-order valence-corrected chi connectivity index (χ4v) is 7.79. The van der Waals surface area contributed by atoms with Gasteiger partial charge in [0.05, 0.1) is 37.3 Å². The number of benzene rings is 2. The Kier molecular flexibility index (Phi) is 10.6. The zero-order valence-corrected chi connectivity index (χ0v) is 28.0. The maximum absolute atomic E-state index is 15.0. The van der Waals surface area contributed by atoms with Gasteiger partial charge in [-0.05, 0) is 24.0 Å². The number of methoxy groups -OCH3 is 1. The van der Waals surface area contributed by atoms with Gasteiger partial charge < -0.3 is 34.4 Å². The Hall–Kier alpha value is -4.32. The molecule has 260 valence electrons. The van der Waals surface area contributed by atoms with Gasteiger partial charge in [-0.1, -0.05) is 98.3 Å². The summed E-state index contributed by atoms with van der Waals surface area (Å²) in [5, 5.41) is 13.8. The third-order valence-corrected chi connectivity index (χ3v) is 10.1. The molecule has 2 fully saturated rings. The summed E-state index contributed by atoms with van der Waals surface area (Å²) in [4.78, 5) is 60.4. The second-order valence-electron chi connectivity index (χ2n) is 13.1. The van der Waals surface area contributed by atoms with Gasteiger partial charge in [0, 0.05) is 26.6 Å². The Labute approximate surface area is 286 Å². The molecule has 6 rings (SSSR count). The molecule has 3 amide bonds. The highest BCUT2D eigenvalue weighted by molar-refractivity contribution is 5.99. The van der Waals surface area contributed by atoms with Crippen LogP contribution in [0.25, 0.3) is 0 Å². The number of aliphatic hydroxyl groups excluding tert-OH is 1. The fourth-order valence-electron chi connectivity index (χ4n) is 7.79. The second kappa shape index (κ2) is 15.1. The van der Waals surface area contributed by atoms with E-state index in [1.165, 1.54) is 12.0 Å². The first-order valence-electron chi connectivity index (χ1n) is 17.2. The number of cyclic esters (lactones) is 1. The third kappa shape index (κ3) is 6.54. The van der Waals surface area contributed by atoms with Crippen molar-refractivity contribution in [3.63, 3.8) is 0 Å². The van der Waals surface area contributed by atoms with E-state index in [1.54, 1.807) is 23.1 Å². The molecule has 4 heterocycles. The summed E-state index contributed by atoms with van der Waals surface area (Å²) in [5.74, 6) is -3.94. The molecule has 0 aliphatic carbocycles. The molecule has 0 radical (unpaired) electrons. The lowest BCUT2D eigenvalue weighted by Gasteiger charge is -2.38. The van der Waals surface area contributed by atoms with Crippen molar-refractivity contribution in [2.75, 3.05) is 33.4 Å². The summed E-state index contributed by atoms with van der Waals surface area (Å²) in [6.45, 7) is 2.49. The molecule has 11 nitrogen and oxygen atoms in total. The van der Waals surface area contributed by atoms with E-state index < -0.39 is 66.3 Å². The average Bonchev–Trinajstić information content (AvgIpc) is 3.50. The summed E-state index contributed by atoms with van der Waals surface area (Å²) in [6.07, 6.45) is 7.45. The second-order valence-corrected chi connectivity index (χ2v) is 13.1. The van der Waals surface area contributed by atoms with Crippen molar-refractivity contribution in [3.8, 4) is 0 Å². The number of rotatable bonds is 9. The van der Waals surface area contributed by atoms with Crippen molar-refractivity contribution in [3.05, 3.63) is 96.1 Å². The van der Waals surface area contributed by atoms with Crippen LogP contribution >= 0.6 is 0 Å². The number of carbonyl (C=O) groups is 4. The zero-order chi connectivity index (χ0) is 34.5. The van der Waals surface area contributed by atoms with Crippen LogP contribution < -0.4 is 5.32 Å². The Bertz CT molecular complexity index is 1570. The van der Waals surface area contributed by atoms with Crippen LogP contribution in [0.5, 0.6) is 0 Å². The van der Waals surface area contributed by atoms with Crippen molar-refractivity contribution in [1.29, 1.82) is 0 Å². The monoisotopic (exact) mass is 671 g/mol. The number of amides is 3. The van der Waals surface area contributed by atoms with Gasteiger partial charge in [0.25, 0.3) is 0 Å². The van der Waals surface area contributed by atoms with Crippen LogP contribution in [0.2, 0.25) is 0 Å². The number of fused-ring (bicyclic) bond motifs is 2. The molecule has 2 aromatic carbocycles. The van der Waals surface area contributed by atoms with Crippen LogP contribution in [-0.2, 0) is 33.4 Å². The summed E-state index contributed by atoms with van der Waals surface area (Å²) in [6, 6.07) is 15.5. The van der Waals surface area contributed by atoms with Crippen LogP contribution in [-0.4, -0.2) is 95.8 Å². The maximum atomic E-state index is 15.0. The molecule has 11 heteroatoms. The number of hydrogen-bond donors (Lipinski definition) is 2. The molecular weight excluding hydrogens is 626 g/mol. The first-order valence-corrected chi connectivity index (χ1v) is 17.2. The topological polar surface area (TPSA) is 135 Å².